The van der Waals surface area contributed by atoms with Crippen molar-refractivity contribution in [1.29, 1.82) is 0 Å². The first kappa shape index (κ1) is 29.5. The number of nitrogens with zero attached hydrogens (tertiary/aromatic N) is 2. The molecule has 1 spiro atoms. The Morgan fingerprint density at radius 2 is 1.73 bits per heavy atom. The minimum Gasteiger partial charge on any atom is -0.325 e. The average molecular weight is 614 g/mol. The molecule has 2 aliphatic heterocycles. The Hall–Kier alpha value is -4.18. The maximum absolute atomic E-state index is 14.2. The Balaban J connectivity index is 1.09. The fourth-order valence-electron chi connectivity index (χ4n) is 7.88. The number of fused-ring (bicyclic) bond motifs is 3. The van der Waals surface area contributed by atoms with Crippen LogP contribution in [0.2, 0.25) is 0 Å². The lowest BCUT2D eigenvalue weighted by molar-refractivity contribution is -0.142. The van der Waals surface area contributed by atoms with Crippen molar-refractivity contribution in [1.82, 2.24) is 15.2 Å². The highest BCUT2D eigenvalue weighted by Gasteiger charge is 2.51. The lowest BCUT2D eigenvalue weighted by Crippen LogP contribution is -2.58. The first-order chi connectivity index (χ1) is 21.8. The third kappa shape index (κ3) is 5.72. The van der Waals surface area contributed by atoms with Gasteiger partial charge in [0.15, 0.2) is 0 Å². The molecule has 4 aliphatic rings. The van der Waals surface area contributed by atoms with Crippen molar-refractivity contribution in [3.05, 3.63) is 88.6 Å². The van der Waals surface area contributed by atoms with E-state index in [-0.39, 0.29) is 18.4 Å². The molecule has 7 rings (SSSR count). The second kappa shape index (κ2) is 12.0. The van der Waals surface area contributed by atoms with Crippen LogP contribution < -0.4 is 16.0 Å². The minimum absolute atomic E-state index is 0.0755. The van der Waals surface area contributed by atoms with Crippen molar-refractivity contribution in [2.75, 3.05) is 23.7 Å². The van der Waals surface area contributed by atoms with E-state index in [0.717, 1.165) is 48.4 Å². The predicted molar refractivity (Wildman–Crippen MR) is 165 cm³/mol. The largest absolute Gasteiger partial charge is 0.325 e. The number of carbonyl (C=O) groups is 3. The van der Waals surface area contributed by atoms with Gasteiger partial charge in [0, 0.05) is 30.1 Å². The number of anilines is 2. The molecular weight excluding hydrogens is 576 g/mol. The van der Waals surface area contributed by atoms with Gasteiger partial charge < -0.3 is 20.9 Å². The van der Waals surface area contributed by atoms with Gasteiger partial charge in [0.2, 0.25) is 17.7 Å². The number of benzene rings is 2. The van der Waals surface area contributed by atoms with Gasteiger partial charge >= 0.3 is 0 Å². The van der Waals surface area contributed by atoms with Crippen LogP contribution in [0.3, 0.4) is 0 Å². The fraction of sp³-hybridized carbons (Fsp3) is 0.429. The maximum atomic E-state index is 14.2. The van der Waals surface area contributed by atoms with Gasteiger partial charge in [-0.05, 0) is 72.2 Å². The van der Waals surface area contributed by atoms with E-state index in [1.165, 1.54) is 29.9 Å². The molecule has 3 amide bonds. The molecule has 0 radical (unpaired) electrons. The van der Waals surface area contributed by atoms with Gasteiger partial charge in [0.25, 0.3) is 0 Å². The zero-order chi connectivity index (χ0) is 31.1. The number of piperazine rings is 1. The van der Waals surface area contributed by atoms with Gasteiger partial charge in [-0.3, -0.25) is 14.4 Å². The van der Waals surface area contributed by atoms with Crippen LogP contribution in [0.4, 0.5) is 20.3 Å². The molecule has 8 nitrogen and oxygen atoms in total. The van der Waals surface area contributed by atoms with E-state index in [0.29, 0.717) is 48.8 Å². The highest BCUT2D eigenvalue weighted by atomic mass is 19.1. The Bertz CT molecular complexity index is 1640. The van der Waals surface area contributed by atoms with Crippen LogP contribution in [-0.4, -0.2) is 46.7 Å². The number of amides is 3. The number of rotatable bonds is 6. The first-order valence-corrected chi connectivity index (χ1v) is 16.0. The monoisotopic (exact) mass is 613 g/mol. The normalized spacial score (nSPS) is 24.7. The lowest BCUT2D eigenvalue weighted by atomic mass is 9.79. The summed E-state index contributed by atoms with van der Waals surface area (Å²) in [6, 6.07) is 11.5. The highest BCUT2D eigenvalue weighted by Crippen LogP contribution is 2.47. The van der Waals surface area contributed by atoms with E-state index in [1.807, 2.05) is 24.3 Å². The van der Waals surface area contributed by atoms with Gasteiger partial charge in [0.05, 0.1) is 17.5 Å². The molecule has 1 unspecified atom stereocenters. The molecule has 2 fully saturated rings. The van der Waals surface area contributed by atoms with Gasteiger partial charge in [-0.2, -0.15) is 0 Å². The second-order valence-corrected chi connectivity index (χ2v) is 13.1. The Kier molecular flexibility index (Phi) is 7.85. The molecule has 1 saturated heterocycles. The van der Waals surface area contributed by atoms with Gasteiger partial charge in [-0.1, -0.05) is 50.7 Å². The summed E-state index contributed by atoms with van der Waals surface area (Å²) < 4.78 is 28.5. The Morgan fingerprint density at radius 1 is 0.978 bits per heavy atom. The van der Waals surface area contributed by atoms with Crippen molar-refractivity contribution in [2.24, 2.45) is 5.92 Å². The van der Waals surface area contributed by atoms with Crippen LogP contribution in [0.5, 0.6) is 0 Å². The topological polar surface area (TPSA) is 103 Å². The number of halogens is 2. The zero-order valence-corrected chi connectivity index (χ0v) is 25.1. The SMILES string of the molecule is O=C(CN1C(=O)[C@H](CC2CCCCCC2)NCC1c1cc(F)cc(F)c1)Nc1ccc2c(c1)C[C@@]1(C2)C(=O)Nc2ncccc21. The van der Waals surface area contributed by atoms with Crippen LogP contribution in [0.25, 0.3) is 0 Å². The quantitative estimate of drug-likeness (QED) is 0.332. The zero-order valence-electron chi connectivity index (χ0n) is 25.1. The van der Waals surface area contributed by atoms with E-state index in [4.69, 9.17) is 0 Å². The molecule has 2 aliphatic carbocycles. The molecule has 3 atom stereocenters. The van der Waals surface area contributed by atoms with Gasteiger partial charge in [0.1, 0.15) is 24.0 Å². The molecule has 10 heteroatoms. The van der Waals surface area contributed by atoms with Crippen molar-refractivity contribution < 1.29 is 23.2 Å². The van der Waals surface area contributed by atoms with Crippen LogP contribution in [0.15, 0.2) is 54.7 Å². The third-order valence-corrected chi connectivity index (χ3v) is 10.1. The standard InChI is InChI=1S/C35H37F2N5O3/c36-25-13-23(14-26(37)16-25)30-19-39-29(12-21-6-3-1-2-4-7-21)33(44)42(30)20-31(43)40-27-10-9-22-17-35(18-24(22)15-27)28-8-5-11-38-32(28)41-34(35)45/h5,8-11,13-16,21,29-30,39H,1-4,6-7,12,17-20H2,(H,40,43)(H,38,41,45)/t29-,30?,35+/m0/s1. The van der Waals surface area contributed by atoms with Crippen LogP contribution >= 0.6 is 0 Å². The first-order valence-electron chi connectivity index (χ1n) is 16.0. The van der Waals surface area contributed by atoms with Gasteiger partial charge in [-0.15, -0.1) is 0 Å². The number of hydrogen-bond acceptors (Lipinski definition) is 5. The van der Waals surface area contributed by atoms with E-state index in [9.17, 15) is 23.2 Å². The highest BCUT2D eigenvalue weighted by molar-refractivity contribution is 6.06. The summed E-state index contributed by atoms with van der Waals surface area (Å²) in [7, 11) is 0. The van der Waals surface area contributed by atoms with Crippen LogP contribution in [-0.2, 0) is 32.6 Å². The van der Waals surface area contributed by atoms with Gasteiger partial charge in [-0.25, -0.2) is 13.8 Å². The molecular formula is C35H37F2N5O3. The molecule has 1 saturated carbocycles. The van der Waals surface area contributed by atoms with E-state index in [1.54, 1.807) is 12.3 Å². The minimum atomic E-state index is -0.729. The molecule has 0 bridgehead atoms. The predicted octanol–water partition coefficient (Wildman–Crippen LogP) is 5.19. The summed E-state index contributed by atoms with van der Waals surface area (Å²) in [6.45, 7) is 0.0333. The summed E-state index contributed by atoms with van der Waals surface area (Å²) >= 11 is 0. The lowest BCUT2D eigenvalue weighted by Gasteiger charge is -2.40. The molecule has 3 N–H and O–H groups in total. The van der Waals surface area contributed by atoms with Crippen LogP contribution in [0, 0.1) is 17.6 Å². The van der Waals surface area contributed by atoms with E-state index < -0.39 is 35.0 Å². The molecule has 1 aromatic heterocycles. The summed E-state index contributed by atoms with van der Waals surface area (Å²) in [5, 5.41) is 9.18. The van der Waals surface area contributed by atoms with E-state index in [2.05, 4.69) is 20.9 Å². The smallest absolute Gasteiger partial charge is 0.244 e. The van der Waals surface area contributed by atoms with Crippen molar-refractivity contribution in [2.45, 2.75) is 75.3 Å². The molecule has 234 valence electrons. The molecule has 2 aromatic carbocycles. The fourth-order valence-corrected chi connectivity index (χ4v) is 7.88. The van der Waals surface area contributed by atoms with Crippen molar-refractivity contribution in [3.63, 3.8) is 0 Å². The Morgan fingerprint density at radius 3 is 2.51 bits per heavy atom. The maximum Gasteiger partial charge on any atom is 0.244 e. The number of aromatic nitrogens is 1. The van der Waals surface area contributed by atoms with Crippen molar-refractivity contribution in [3.8, 4) is 0 Å². The number of hydrogen-bond donors (Lipinski definition) is 3. The molecule has 45 heavy (non-hydrogen) atoms. The third-order valence-electron chi connectivity index (χ3n) is 10.1. The number of pyridine rings is 1. The molecule has 3 heterocycles. The van der Waals surface area contributed by atoms with Crippen LogP contribution in [0.1, 0.15) is 73.2 Å². The van der Waals surface area contributed by atoms with Crippen molar-refractivity contribution >= 4 is 29.2 Å². The second-order valence-electron chi connectivity index (χ2n) is 13.1. The molecule has 3 aromatic rings. The van der Waals surface area contributed by atoms with E-state index >= 15 is 0 Å². The number of carbonyl (C=O) groups excluding carboxylic acids is 3. The average Bonchev–Trinajstić information content (AvgIpc) is 3.38. The number of nitrogens with one attached hydrogen (secondary N) is 3. The summed E-state index contributed by atoms with van der Waals surface area (Å²) in [5.41, 5.74) is 3.03. The summed E-state index contributed by atoms with van der Waals surface area (Å²) in [4.78, 5) is 46.3. The Labute approximate surface area is 261 Å². The summed E-state index contributed by atoms with van der Waals surface area (Å²) in [5.74, 6) is -1.15. The summed E-state index contributed by atoms with van der Waals surface area (Å²) in [6.07, 6.45) is 10.3.